The average Bonchev–Trinajstić information content (AvgIpc) is 2.27. The smallest absolute Gasteiger partial charge is 0.227 e. The highest BCUT2D eigenvalue weighted by atomic mass is 35.5. The van der Waals surface area contributed by atoms with Crippen LogP contribution in [0.2, 0.25) is 10.6 Å². The quantitative estimate of drug-likeness (QED) is 0.863. The molecular formula is C12H11Cl2N3O. The lowest BCUT2D eigenvalue weighted by atomic mass is 10.2. The summed E-state index contributed by atoms with van der Waals surface area (Å²) < 4.78 is 5.69. The standard InChI is InChI=1S/C12H11Cl2N3O/c1-7(2)18-9-6-4-3-5-8(9)10-15-11(13)17-12(14)16-10/h3-7H,1-2H3. The van der Waals surface area contributed by atoms with Crippen LogP contribution < -0.4 is 4.74 Å². The van der Waals surface area contributed by atoms with E-state index in [9.17, 15) is 0 Å². The van der Waals surface area contributed by atoms with Gasteiger partial charge in [-0.05, 0) is 49.2 Å². The summed E-state index contributed by atoms with van der Waals surface area (Å²) in [4.78, 5) is 11.8. The van der Waals surface area contributed by atoms with E-state index in [0.29, 0.717) is 11.6 Å². The Hall–Kier alpha value is -1.39. The first-order chi connectivity index (χ1) is 8.56. The van der Waals surface area contributed by atoms with Gasteiger partial charge in [0, 0.05) is 0 Å². The molecule has 0 spiro atoms. The Bertz CT molecular complexity index is 541. The van der Waals surface area contributed by atoms with Crippen LogP contribution in [0.1, 0.15) is 13.8 Å². The van der Waals surface area contributed by atoms with E-state index in [0.717, 1.165) is 5.56 Å². The van der Waals surface area contributed by atoms with E-state index in [1.807, 2.05) is 38.1 Å². The van der Waals surface area contributed by atoms with Gasteiger partial charge in [0.15, 0.2) is 5.82 Å². The Morgan fingerprint density at radius 1 is 1.00 bits per heavy atom. The van der Waals surface area contributed by atoms with E-state index in [1.54, 1.807) is 0 Å². The number of hydrogen-bond acceptors (Lipinski definition) is 4. The van der Waals surface area contributed by atoms with Gasteiger partial charge in [0.1, 0.15) is 5.75 Å². The summed E-state index contributed by atoms with van der Waals surface area (Å²) in [6.07, 6.45) is 0.0546. The molecule has 2 aromatic rings. The Labute approximate surface area is 115 Å². The van der Waals surface area contributed by atoms with Gasteiger partial charge in [0.25, 0.3) is 0 Å². The van der Waals surface area contributed by atoms with Crippen LogP contribution in [0.3, 0.4) is 0 Å². The first-order valence-electron chi connectivity index (χ1n) is 5.39. The molecule has 1 heterocycles. The zero-order valence-electron chi connectivity index (χ0n) is 9.89. The Kier molecular flexibility index (Phi) is 3.99. The highest BCUT2D eigenvalue weighted by Crippen LogP contribution is 2.28. The molecule has 0 bridgehead atoms. The number of para-hydroxylation sites is 1. The van der Waals surface area contributed by atoms with Crippen LogP contribution in [0.5, 0.6) is 5.75 Å². The van der Waals surface area contributed by atoms with E-state index < -0.39 is 0 Å². The highest BCUT2D eigenvalue weighted by molar-refractivity contribution is 6.31. The number of halogens is 2. The lowest BCUT2D eigenvalue weighted by Crippen LogP contribution is -2.07. The highest BCUT2D eigenvalue weighted by Gasteiger charge is 2.12. The summed E-state index contributed by atoms with van der Waals surface area (Å²) in [5, 5.41) is 0.119. The van der Waals surface area contributed by atoms with Crippen LogP contribution in [0, 0.1) is 0 Å². The number of ether oxygens (including phenoxy) is 1. The molecule has 0 saturated heterocycles. The lowest BCUT2D eigenvalue weighted by molar-refractivity contribution is 0.243. The number of rotatable bonds is 3. The number of benzene rings is 1. The summed E-state index contributed by atoms with van der Waals surface area (Å²) >= 11 is 11.5. The molecule has 0 N–H and O–H groups in total. The maximum absolute atomic E-state index is 5.77. The van der Waals surface area contributed by atoms with E-state index >= 15 is 0 Å². The van der Waals surface area contributed by atoms with Crippen molar-refractivity contribution in [3.05, 3.63) is 34.8 Å². The van der Waals surface area contributed by atoms with Crippen LogP contribution in [0.4, 0.5) is 0 Å². The molecule has 18 heavy (non-hydrogen) atoms. The minimum atomic E-state index is 0.0546. The fourth-order valence-corrected chi connectivity index (χ4v) is 1.82. The predicted molar refractivity (Wildman–Crippen MR) is 71.0 cm³/mol. The molecular weight excluding hydrogens is 273 g/mol. The van der Waals surface area contributed by atoms with Gasteiger partial charge in [-0.3, -0.25) is 0 Å². The summed E-state index contributed by atoms with van der Waals surface area (Å²) in [6.45, 7) is 3.90. The van der Waals surface area contributed by atoms with Gasteiger partial charge in [-0.15, -0.1) is 0 Å². The molecule has 4 nitrogen and oxygen atoms in total. The van der Waals surface area contributed by atoms with Gasteiger partial charge in [0.2, 0.25) is 10.6 Å². The molecule has 0 aliphatic carbocycles. The zero-order valence-corrected chi connectivity index (χ0v) is 11.4. The molecule has 1 aromatic heterocycles. The molecule has 0 atom stereocenters. The summed E-state index contributed by atoms with van der Waals surface area (Å²) in [5.74, 6) is 1.09. The van der Waals surface area contributed by atoms with Crippen molar-refractivity contribution in [2.45, 2.75) is 20.0 Å². The van der Waals surface area contributed by atoms with Crippen molar-refractivity contribution in [3.63, 3.8) is 0 Å². The monoisotopic (exact) mass is 283 g/mol. The van der Waals surface area contributed by atoms with E-state index in [2.05, 4.69) is 15.0 Å². The second-order valence-corrected chi connectivity index (χ2v) is 4.54. The van der Waals surface area contributed by atoms with Gasteiger partial charge in [-0.2, -0.15) is 15.0 Å². The molecule has 0 fully saturated rings. The second kappa shape index (κ2) is 5.50. The van der Waals surface area contributed by atoms with E-state index in [1.165, 1.54) is 0 Å². The van der Waals surface area contributed by atoms with Crippen molar-refractivity contribution >= 4 is 23.2 Å². The summed E-state index contributed by atoms with van der Waals surface area (Å²) in [6, 6.07) is 7.44. The minimum absolute atomic E-state index is 0.0546. The lowest BCUT2D eigenvalue weighted by Gasteiger charge is -2.13. The fraction of sp³-hybridized carbons (Fsp3) is 0.250. The van der Waals surface area contributed by atoms with Crippen LogP contribution in [-0.2, 0) is 0 Å². The first-order valence-corrected chi connectivity index (χ1v) is 6.15. The molecule has 0 aliphatic heterocycles. The fourth-order valence-electron chi connectivity index (χ4n) is 1.45. The third-order valence-corrected chi connectivity index (χ3v) is 2.41. The van der Waals surface area contributed by atoms with Gasteiger partial charge in [-0.25, -0.2) is 0 Å². The number of hydrogen-bond donors (Lipinski definition) is 0. The Morgan fingerprint density at radius 3 is 2.22 bits per heavy atom. The average molecular weight is 284 g/mol. The van der Waals surface area contributed by atoms with Crippen LogP contribution >= 0.6 is 23.2 Å². The third kappa shape index (κ3) is 3.09. The van der Waals surface area contributed by atoms with E-state index in [4.69, 9.17) is 27.9 Å². The first kappa shape index (κ1) is 13.1. The van der Waals surface area contributed by atoms with Crippen molar-refractivity contribution < 1.29 is 4.74 Å². The van der Waals surface area contributed by atoms with Crippen molar-refractivity contribution in [1.29, 1.82) is 0 Å². The van der Waals surface area contributed by atoms with Crippen LogP contribution in [0.15, 0.2) is 24.3 Å². The maximum Gasteiger partial charge on any atom is 0.227 e. The molecule has 94 valence electrons. The molecule has 2 rings (SSSR count). The summed E-state index contributed by atoms with van der Waals surface area (Å²) in [5.41, 5.74) is 0.734. The predicted octanol–water partition coefficient (Wildman–Crippen LogP) is 3.63. The molecule has 6 heteroatoms. The van der Waals surface area contributed by atoms with Crippen molar-refractivity contribution in [2.24, 2.45) is 0 Å². The molecule has 0 radical (unpaired) electrons. The molecule has 0 aliphatic rings. The topological polar surface area (TPSA) is 47.9 Å². The number of aromatic nitrogens is 3. The van der Waals surface area contributed by atoms with Gasteiger partial charge in [-0.1, -0.05) is 12.1 Å². The molecule has 0 amide bonds. The Balaban J connectivity index is 2.49. The van der Waals surface area contributed by atoms with Gasteiger partial charge >= 0.3 is 0 Å². The SMILES string of the molecule is CC(C)Oc1ccccc1-c1nc(Cl)nc(Cl)n1. The van der Waals surface area contributed by atoms with Crippen molar-refractivity contribution in [3.8, 4) is 17.1 Å². The molecule has 0 unspecified atom stereocenters. The van der Waals surface area contributed by atoms with Crippen LogP contribution in [0.25, 0.3) is 11.4 Å². The minimum Gasteiger partial charge on any atom is -0.490 e. The maximum atomic E-state index is 5.77. The third-order valence-electron chi connectivity index (χ3n) is 2.07. The summed E-state index contributed by atoms with van der Waals surface area (Å²) in [7, 11) is 0. The molecule has 1 aromatic carbocycles. The molecule has 0 saturated carbocycles. The van der Waals surface area contributed by atoms with E-state index in [-0.39, 0.29) is 16.7 Å². The Morgan fingerprint density at radius 2 is 1.61 bits per heavy atom. The van der Waals surface area contributed by atoms with Crippen molar-refractivity contribution in [1.82, 2.24) is 15.0 Å². The van der Waals surface area contributed by atoms with Gasteiger partial charge in [0.05, 0.1) is 11.7 Å². The largest absolute Gasteiger partial charge is 0.490 e. The zero-order chi connectivity index (χ0) is 13.1. The van der Waals surface area contributed by atoms with Crippen LogP contribution in [-0.4, -0.2) is 21.1 Å². The number of nitrogens with zero attached hydrogens (tertiary/aromatic N) is 3. The second-order valence-electron chi connectivity index (χ2n) is 3.86. The normalized spacial score (nSPS) is 10.7. The van der Waals surface area contributed by atoms with Gasteiger partial charge < -0.3 is 4.74 Å². The van der Waals surface area contributed by atoms with Crippen molar-refractivity contribution in [2.75, 3.05) is 0 Å².